The Morgan fingerprint density at radius 1 is 1.35 bits per heavy atom. The molecule has 1 unspecified atom stereocenters. The Morgan fingerprint density at radius 2 is 2.00 bits per heavy atom. The van der Waals surface area contributed by atoms with Crippen LogP contribution in [-0.2, 0) is 9.53 Å². The molecule has 1 aliphatic heterocycles. The molecule has 1 atom stereocenters. The normalized spacial score (nSPS) is 26.8. The number of carbonyl (C=O) groups excluding carboxylic acids is 2. The molecule has 1 aliphatic carbocycles. The standard InChI is InChI=1S/C13H21NO3/c1-12(2,3)17-11(16)14-8-7-13(5-4-6-13)10(14)9-15/h9-10H,4-8H2,1-3H3. The lowest BCUT2D eigenvalue weighted by molar-refractivity contribution is -0.116. The molecular formula is C13H21NO3. The molecule has 2 aliphatic rings. The minimum absolute atomic E-state index is 0.0681. The second kappa shape index (κ2) is 4.00. The quantitative estimate of drug-likeness (QED) is 0.660. The molecular weight excluding hydrogens is 218 g/mol. The monoisotopic (exact) mass is 239 g/mol. The summed E-state index contributed by atoms with van der Waals surface area (Å²) in [6.07, 6.45) is 4.82. The van der Waals surface area contributed by atoms with Gasteiger partial charge in [-0.1, -0.05) is 6.42 Å². The molecule has 0 aromatic carbocycles. The number of hydrogen-bond donors (Lipinski definition) is 0. The molecule has 17 heavy (non-hydrogen) atoms. The molecule has 0 N–H and O–H groups in total. The number of nitrogens with zero attached hydrogens (tertiary/aromatic N) is 1. The van der Waals surface area contributed by atoms with Crippen LogP contribution in [0.25, 0.3) is 0 Å². The topological polar surface area (TPSA) is 46.6 Å². The van der Waals surface area contributed by atoms with Gasteiger partial charge in [-0.15, -0.1) is 0 Å². The van der Waals surface area contributed by atoms with E-state index in [4.69, 9.17) is 4.74 Å². The summed E-state index contributed by atoms with van der Waals surface area (Å²) in [4.78, 5) is 24.9. The third kappa shape index (κ3) is 2.17. The van der Waals surface area contributed by atoms with Crippen LogP contribution in [0.5, 0.6) is 0 Å². The largest absolute Gasteiger partial charge is 0.444 e. The molecule has 0 aromatic heterocycles. The highest BCUT2D eigenvalue weighted by Gasteiger charge is 2.53. The van der Waals surface area contributed by atoms with Gasteiger partial charge in [0.15, 0.2) is 0 Å². The summed E-state index contributed by atoms with van der Waals surface area (Å²) < 4.78 is 5.34. The molecule has 1 saturated carbocycles. The summed E-state index contributed by atoms with van der Waals surface area (Å²) in [6, 6.07) is -0.272. The van der Waals surface area contributed by atoms with E-state index >= 15 is 0 Å². The van der Waals surface area contributed by atoms with Crippen LogP contribution >= 0.6 is 0 Å². The van der Waals surface area contributed by atoms with Crippen molar-refractivity contribution in [2.75, 3.05) is 6.54 Å². The Labute approximate surface area is 102 Å². The van der Waals surface area contributed by atoms with Crippen LogP contribution in [0.2, 0.25) is 0 Å². The van der Waals surface area contributed by atoms with Gasteiger partial charge >= 0.3 is 6.09 Å². The van der Waals surface area contributed by atoms with Gasteiger partial charge in [0.2, 0.25) is 0 Å². The number of hydrogen-bond acceptors (Lipinski definition) is 3. The summed E-state index contributed by atoms with van der Waals surface area (Å²) in [7, 11) is 0. The number of aldehydes is 1. The molecule has 2 rings (SSSR count). The van der Waals surface area contributed by atoms with Gasteiger partial charge in [0, 0.05) is 6.54 Å². The lowest BCUT2D eigenvalue weighted by Crippen LogP contribution is -2.48. The van der Waals surface area contributed by atoms with Crippen LogP contribution in [0.4, 0.5) is 4.79 Å². The van der Waals surface area contributed by atoms with Crippen LogP contribution in [0.15, 0.2) is 0 Å². The van der Waals surface area contributed by atoms with Crippen LogP contribution in [0, 0.1) is 5.41 Å². The van der Waals surface area contributed by atoms with Crippen molar-refractivity contribution in [1.82, 2.24) is 4.90 Å². The molecule has 1 spiro atoms. The highest BCUT2D eigenvalue weighted by Crippen LogP contribution is 2.51. The first-order chi connectivity index (χ1) is 7.88. The number of ether oxygens (including phenoxy) is 1. The minimum Gasteiger partial charge on any atom is -0.444 e. The van der Waals surface area contributed by atoms with Gasteiger partial charge in [0.05, 0.1) is 6.04 Å². The molecule has 1 heterocycles. The number of rotatable bonds is 1. The lowest BCUT2D eigenvalue weighted by Gasteiger charge is -2.42. The van der Waals surface area contributed by atoms with E-state index in [2.05, 4.69) is 0 Å². The van der Waals surface area contributed by atoms with E-state index in [-0.39, 0.29) is 17.6 Å². The summed E-state index contributed by atoms with van der Waals surface area (Å²) in [5.74, 6) is 0. The molecule has 0 bridgehead atoms. The Hall–Kier alpha value is -1.06. The average Bonchev–Trinajstić information content (AvgIpc) is 2.52. The first kappa shape index (κ1) is 12.4. The van der Waals surface area contributed by atoms with Gasteiger partial charge in [-0.3, -0.25) is 4.90 Å². The molecule has 96 valence electrons. The fourth-order valence-electron chi connectivity index (χ4n) is 2.88. The van der Waals surface area contributed by atoms with E-state index in [0.717, 1.165) is 25.5 Å². The Bertz CT molecular complexity index is 328. The van der Waals surface area contributed by atoms with Crippen molar-refractivity contribution in [2.45, 2.75) is 58.1 Å². The van der Waals surface area contributed by atoms with Crippen molar-refractivity contribution < 1.29 is 14.3 Å². The lowest BCUT2D eigenvalue weighted by atomic mass is 9.64. The fourth-order valence-corrected chi connectivity index (χ4v) is 2.88. The summed E-state index contributed by atoms with van der Waals surface area (Å²) in [5, 5.41) is 0. The summed E-state index contributed by atoms with van der Waals surface area (Å²) in [5.41, 5.74) is -0.432. The zero-order valence-electron chi connectivity index (χ0n) is 10.9. The van der Waals surface area contributed by atoms with E-state index in [1.165, 1.54) is 6.42 Å². The van der Waals surface area contributed by atoms with Gasteiger partial charge in [0.25, 0.3) is 0 Å². The Morgan fingerprint density at radius 3 is 2.41 bits per heavy atom. The van der Waals surface area contributed by atoms with E-state index in [9.17, 15) is 9.59 Å². The zero-order chi connectivity index (χ0) is 12.7. The van der Waals surface area contributed by atoms with E-state index < -0.39 is 5.60 Å². The van der Waals surface area contributed by atoms with E-state index in [0.29, 0.717) is 6.54 Å². The van der Waals surface area contributed by atoms with Gasteiger partial charge in [-0.25, -0.2) is 4.79 Å². The molecule has 2 fully saturated rings. The van der Waals surface area contributed by atoms with Gasteiger partial charge in [-0.2, -0.15) is 0 Å². The minimum atomic E-state index is -0.500. The first-order valence-corrected chi connectivity index (χ1v) is 6.33. The van der Waals surface area contributed by atoms with Crippen molar-refractivity contribution in [3.63, 3.8) is 0 Å². The highest BCUT2D eigenvalue weighted by molar-refractivity contribution is 5.75. The van der Waals surface area contributed by atoms with Gasteiger partial charge in [0.1, 0.15) is 11.9 Å². The third-order valence-electron chi connectivity index (χ3n) is 3.92. The number of likely N-dealkylation sites (tertiary alicyclic amines) is 1. The van der Waals surface area contributed by atoms with Crippen molar-refractivity contribution in [1.29, 1.82) is 0 Å². The van der Waals surface area contributed by atoms with Gasteiger partial charge < -0.3 is 9.53 Å². The second-order valence-corrected chi connectivity index (χ2v) is 6.22. The fraction of sp³-hybridized carbons (Fsp3) is 0.846. The first-order valence-electron chi connectivity index (χ1n) is 6.33. The summed E-state index contributed by atoms with van der Waals surface area (Å²) in [6.45, 7) is 6.18. The van der Waals surface area contributed by atoms with E-state index in [1.807, 2.05) is 20.8 Å². The maximum Gasteiger partial charge on any atom is 0.410 e. The maximum atomic E-state index is 12.0. The zero-order valence-corrected chi connectivity index (χ0v) is 10.9. The van der Waals surface area contributed by atoms with Gasteiger partial charge in [-0.05, 0) is 45.4 Å². The van der Waals surface area contributed by atoms with Crippen molar-refractivity contribution >= 4 is 12.4 Å². The molecule has 0 aromatic rings. The predicted molar refractivity (Wildman–Crippen MR) is 63.7 cm³/mol. The number of carbonyl (C=O) groups is 2. The van der Waals surface area contributed by atoms with Crippen LogP contribution in [0.1, 0.15) is 46.5 Å². The van der Waals surface area contributed by atoms with Crippen LogP contribution < -0.4 is 0 Å². The third-order valence-corrected chi connectivity index (χ3v) is 3.92. The van der Waals surface area contributed by atoms with Crippen molar-refractivity contribution in [3.05, 3.63) is 0 Å². The van der Waals surface area contributed by atoms with Crippen LogP contribution in [0.3, 0.4) is 0 Å². The summed E-state index contributed by atoms with van der Waals surface area (Å²) >= 11 is 0. The van der Waals surface area contributed by atoms with E-state index in [1.54, 1.807) is 4.90 Å². The molecule has 1 saturated heterocycles. The Balaban J connectivity index is 2.07. The smallest absolute Gasteiger partial charge is 0.410 e. The molecule has 1 amide bonds. The average molecular weight is 239 g/mol. The van der Waals surface area contributed by atoms with Crippen molar-refractivity contribution in [3.8, 4) is 0 Å². The highest BCUT2D eigenvalue weighted by atomic mass is 16.6. The van der Waals surface area contributed by atoms with Crippen LogP contribution in [-0.4, -0.2) is 35.5 Å². The number of amides is 1. The molecule has 4 heteroatoms. The predicted octanol–water partition coefficient (Wildman–Crippen LogP) is 2.37. The van der Waals surface area contributed by atoms with Crippen molar-refractivity contribution in [2.24, 2.45) is 5.41 Å². The Kier molecular flexibility index (Phi) is 2.92. The SMILES string of the molecule is CC(C)(C)OC(=O)N1CCC2(CCC2)C1C=O. The molecule has 4 nitrogen and oxygen atoms in total. The maximum absolute atomic E-state index is 12.0. The molecule has 0 radical (unpaired) electrons. The second-order valence-electron chi connectivity index (χ2n) is 6.22.